The molecule has 2 amide bonds. The number of hydrogen-bond donors (Lipinski definition) is 1. The lowest BCUT2D eigenvalue weighted by Crippen LogP contribution is -2.49. The number of likely N-dealkylation sites (tertiary alicyclic amines) is 1. The van der Waals surface area contributed by atoms with Crippen molar-refractivity contribution in [3.05, 3.63) is 30.1 Å². The predicted octanol–water partition coefficient (Wildman–Crippen LogP) is 2.38. The van der Waals surface area contributed by atoms with Gasteiger partial charge in [-0.1, -0.05) is 20.8 Å². The number of rotatable bonds is 7. The molecule has 0 aliphatic carbocycles. The van der Waals surface area contributed by atoms with Crippen molar-refractivity contribution in [1.82, 2.24) is 14.5 Å². The first kappa shape index (κ1) is 24.3. The molecule has 0 spiro atoms. The van der Waals surface area contributed by atoms with Crippen LogP contribution in [0.4, 0.5) is 4.39 Å². The highest BCUT2D eigenvalue weighted by molar-refractivity contribution is 7.89. The first-order valence-corrected chi connectivity index (χ1v) is 11.7. The zero-order chi connectivity index (χ0) is 22.5. The summed E-state index contributed by atoms with van der Waals surface area (Å²) in [5.74, 6) is -0.497. The Morgan fingerprint density at radius 1 is 1.17 bits per heavy atom. The van der Waals surface area contributed by atoms with Gasteiger partial charge in [0.15, 0.2) is 0 Å². The van der Waals surface area contributed by atoms with Gasteiger partial charge < -0.3 is 10.2 Å². The second-order valence-electron chi connectivity index (χ2n) is 8.77. The third-order valence-corrected chi connectivity index (χ3v) is 7.06. The van der Waals surface area contributed by atoms with E-state index in [4.69, 9.17) is 0 Å². The molecule has 1 aliphatic heterocycles. The van der Waals surface area contributed by atoms with Crippen LogP contribution < -0.4 is 5.32 Å². The second-order valence-corrected chi connectivity index (χ2v) is 10.8. The number of nitrogens with zero attached hydrogens (tertiary/aromatic N) is 2. The van der Waals surface area contributed by atoms with E-state index in [-0.39, 0.29) is 35.7 Å². The van der Waals surface area contributed by atoms with E-state index in [2.05, 4.69) is 5.32 Å². The fourth-order valence-corrected chi connectivity index (χ4v) is 4.58. The van der Waals surface area contributed by atoms with Gasteiger partial charge in [-0.3, -0.25) is 9.59 Å². The van der Waals surface area contributed by atoms with E-state index < -0.39 is 21.3 Å². The summed E-state index contributed by atoms with van der Waals surface area (Å²) in [5.41, 5.74) is -0.406. The molecular weight excluding hydrogens is 409 g/mol. The summed E-state index contributed by atoms with van der Waals surface area (Å²) >= 11 is 0. The van der Waals surface area contributed by atoms with Gasteiger partial charge >= 0.3 is 0 Å². The maximum Gasteiger partial charge on any atom is 0.242 e. The molecule has 9 heteroatoms. The van der Waals surface area contributed by atoms with Crippen LogP contribution in [0.1, 0.15) is 46.5 Å². The molecule has 0 unspecified atom stereocenters. The minimum Gasteiger partial charge on any atom is -0.353 e. The van der Waals surface area contributed by atoms with Crippen molar-refractivity contribution in [2.75, 3.05) is 26.7 Å². The Balaban J connectivity index is 1.74. The smallest absolute Gasteiger partial charge is 0.242 e. The van der Waals surface area contributed by atoms with Gasteiger partial charge in [-0.25, -0.2) is 17.1 Å². The maximum absolute atomic E-state index is 13.0. The molecule has 1 fully saturated rings. The zero-order valence-electron chi connectivity index (χ0n) is 18.2. The van der Waals surface area contributed by atoms with E-state index in [1.807, 2.05) is 25.7 Å². The lowest BCUT2D eigenvalue weighted by molar-refractivity contribution is -0.140. The van der Waals surface area contributed by atoms with E-state index in [1.165, 1.54) is 23.5 Å². The number of nitrogens with one attached hydrogen (secondary N) is 1. The molecule has 0 bridgehead atoms. The van der Waals surface area contributed by atoms with Crippen molar-refractivity contribution >= 4 is 21.8 Å². The number of carbonyl (C=O) groups is 2. The van der Waals surface area contributed by atoms with Crippen molar-refractivity contribution in [3.8, 4) is 0 Å². The normalized spacial score (nSPS) is 16.0. The number of benzene rings is 1. The summed E-state index contributed by atoms with van der Waals surface area (Å²) in [6, 6.07) is 4.69. The Morgan fingerprint density at radius 2 is 1.73 bits per heavy atom. The van der Waals surface area contributed by atoms with Crippen molar-refractivity contribution < 1.29 is 22.4 Å². The van der Waals surface area contributed by atoms with Crippen LogP contribution in [0.3, 0.4) is 0 Å². The third kappa shape index (κ3) is 6.50. The summed E-state index contributed by atoms with van der Waals surface area (Å²) in [7, 11) is -2.27. The summed E-state index contributed by atoms with van der Waals surface area (Å²) in [4.78, 5) is 26.4. The highest BCUT2D eigenvalue weighted by Gasteiger charge is 2.30. The van der Waals surface area contributed by atoms with Crippen LogP contribution in [0.5, 0.6) is 0 Å². The number of halogens is 1. The van der Waals surface area contributed by atoms with E-state index in [9.17, 15) is 22.4 Å². The minimum atomic E-state index is -3.71. The highest BCUT2D eigenvalue weighted by Crippen LogP contribution is 2.21. The first-order chi connectivity index (χ1) is 13.9. The molecular formula is C21H32FN3O4S. The van der Waals surface area contributed by atoms with Crippen molar-refractivity contribution in [2.45, 2.75) is 57.4 Å². The predicted molar refractivity (Wildman–Crippen MR) is 113 cm³/mol. The lowest BCUT2D eigenvalue weighted by atomic mass is 9.93. The molecule has 0 radical (unpaired) electrons. The fourth-order valence-electron chi connectivity index (χ4n) is 3.37. The Bertz CT molecular complexity index is 842. The minimum absolute atomic E-state index is 0.0208. The third-order valence-electron chi connectivity index (χ3n) is 5.19. The molecule has 1 aromatic carbocycles. The van der Waals surface area contributed by atoms with Crippen LogP contribution in [0.2, 0.25) is 0 Å². The van der Waals surface area contributed by atoms with Gasteiger partial charge in [0, 0.05) is 44.6 Å². The first-order valence-electron chi connectivity index (χ1n) is 10.2. The largest absolute Gasteiger partial charge is 0.353 e. The summed E-state index contributed by atoms with van der Waals surface area (Å²) < 4.78 is 39.1. The Hall–Kier alpha value is -2.00. The van der Waals surface area contributed by atoms with Gasteiger partial charge in [-0.15, -0.1) is 0 Å². The molecule has 0 saturated carbocycles. The van der Waals surface area contributed by atoms with Gasteiger partial charge in [0.25, 0.3) is 0 Å². The summed E-state index contributed by atoms with van der Waals surface area (Å²) in [6.45, 7) is 7.13. The van der Waals surface area contributed by atoms with Crippen molar-refractivity contribution in [1.29, 1.82) is 0 Å². The Morgan fingerprint density at radius 3 is 2.27 bits per heavy atom. The molecule has 1 aliphatic rings. The molecule has 1 N–H and O–H groups in total. The zero-order valence-corrected chi connectivity index (χ0v) is 19.0. The summed E-state index contributed by atoms with van der Waals surface area (Å²) in [6.07, 6.45) is 2.02. The molecule has 0 aromatic heterocycles. The summed E-state index contributed by atoms with van der Waals surface area (Å²) in [5, 5.41) is 2.98. The van der Waals surface area contributed by atoms with Crippen LogP contribution >= 0.6 is 0 Å². The average molecular weight is 442 g/mol. The number of piperidine rings is 1. The number of amides is 2. The molecule has 2 rings (SSSR count). The van der Waals surface area contributed by atoms with Gasteiger partial charge in [-0.05, 0) is 43.5 Å². The van der Waals surface area contributed by atoms with Crippen LogP contribution in [-0.4, -0.2) is 62.2 Å². The highest BCUT2D eigenvalue weighted by atomic mass is 32.2. The fraction of sp³-hybridized carbons (Fsp3) is 0.619. The number of sulfonamides is 1. The van der Waals surface area contributed by atoms with Crippen molar-refractivity contribution in [2.24, 2.45) is 5.41 Å². The topological polar surface area (TPSA) is 86.8 Å². The molecule has 1 aromatic rings. The molecule has 1 heterocycles. The second kappa shape index (κ2) is 9.87. The van der Waals surface area contributed by atoms with Gasteiger partial charge in [0.1, 0.15) is 5.82 Å². The van der Waals surface area contributed by atoms with Crippen LogP contribution in [0.25, 0.3) is 0 Å². The van der Waals surface area contributed by atoms with E-state index in [0.29, 0.717) is 32.4 Å². The molecule has 7 nitrogen and oxygen atoms in total. The molecule has 30 heavy (non-hydrogen) atoms. The molecule has 0 atom stereocenters. The monoisotopic (exact) mass is 441 g/mol. The van der Waals surface area contributed by atoms with E-state index in [0.717, 1.165) is 12.1 Å². The van der Waals surface area contributed by atoms with Gasteiger partial charge in [-0.2, -0.15) is 0 Å². The van der Waals surface area contributed by atoms with Crippen LogP contribution in [0.15, 0.2) is 29.2 Å². The van der Waals surface area contributed by atoms with E-state index in [1.54, 1.807) is 0 Å². The number of hydrogen-bond acceptors (Lipinski definition) is 4. The Kier molecular flexibility index (Phi) is 7.99. The lowest BCUT2D eigenvalue weighted by Gasteiger charge is -2.36. The van der Waals surface area contributed by atoms with Crippen LogP contribution in [0, 0.1) is 11.2 Å². The van der Waals surface area contributed by atoms with Crippen molar-refractivity contribution in [3.63, 3.8) is 0 Å². The Labute approximate surface area is 178 Å². The van der Waals surface area contributed by atoms with Gasteiger partial charge in [0.05, 0.1) is 4.90 Å². The SMILES string of the molecule is CN(CCCC(=O)NC1CCN(C(=O)C(C)(C)C)CC1)S(=O)(=O)c1ccc(F)cc1. The van der Waals surface area contributed by atoms with Crippen LogP contribution in [-0.2, 0) is 19.6 Å². The maximum atomic E-state index is 13.0. The number of carbonyl (C=O) groups excluding carboxylic acids is 2. The average Bonchev–Trinajstić information content (AvgIpc) is 2.67. The quantitative estimate of drug-likeness (QED) is 0.704. The molecule has 168 valence electrons. The van der Waals surface area contributed by atoms with Gasteiger partial charge in [0.2, 0.25) is 21.8 Å². The standard InChI is InChI=1S/C21H32FN3O4S/c1-21(2,3)20(27)25-14-11-17(12-15-25)23-19(26)6-5-13-24(4)30(28,29)18-9-7-16(22)8-10-18/h7-10,17H,5-6,11-15H2,1-4H3,(H,23,26). The van der Waals surface area contributed by atoms with E-state index >= 15 is 0 Å². The molecule has 1 saturated heterocycles.